The first kappa shape index (κ1) is 22.9. The van der Waals surface area contributed by atoms with Gasteiger partial charge in [0.15, 0.2) is 5.11 Å². The molecule has 4 nitrogen and oxygen atoms in total. The molecule has 0 fully saturated rings. The van der Waals surface area contributed by atoms with Gasteiger partial charge in [-0.15, -0.1) is 0 Å². The predicted octanol–water partition coefficient (Wildman–Crippen LogP) is 6.28. The van der Waals surface area contributed by atoms with E-state index in [0.29, 0.717) is 18.0 Å². The molecule has 0 spiro atoms. The standard InChI is InChI=1S/C20H18F6N4S/c1-10(2)16(17-28-14-5-3-4-6-15(14)29-17)30-18(31)27-13-8-11(19(21,22)23)7-12(9-13)20(24,25)26/h3-10,16H,1-2H3,(H,28,29)(H2,27,30,31)/t16-/m0/s1. The van der Waals surface area contributed by atoms with Crippen molar-refractivity contribution in [1.82, 2.24) is 15.3 Å². The Balaban J connectivity index is 1.85. The Morgan fingerprint density at radius 3 is 2.06 bits per heavy atom. The number of H-pyrrole nitrogens is 1. The van der Waals surface area contributed by atoms with Crippen molar-refractivity contribution >= 4 is 34.1 Å². The summed E-state index contributed by atoms with van der Waals surface area (Å²) < 4.78 is 78.3. The molecule has 0 aliphatic rings. The molecule has 1 atom stereocenters. The smallest absolute Gasteiger partial charge is 0.352 e. The minimum Gasteiger partial charge on any atom is -0.352 e. The average molecular weight is 460 g/mol. The van der Waals surface area contributed by atoms with Crippen molar-refractivity contribution in [3.63, 3.8) is 0 Å². The van der Waals surface area contributed by atoms with Crippen LogP contribution in [0.5, 0.6) is 0 Å². The zero-order valence-electron chi connectivity index (χ0n) is 16.3. The number of rotatable bonds is 4. The van der Waals surface area contributed by atoms with Crippen LogP contribution in [0.4, 0.5) is 32.0 Å². The van der Waals surface area contributed by atoms with Crippen LogP contribution < -0.4 is 10.6 Å². The first-order valence-corrected chi connectivity index (χ1v) is 9.57. The third kappa shape index (κ3) is 5.46. The Kier molecular flexibility index (Phi) is 6.17. The topological polar surface area (TPSA) is 52.7 Å². The van der Waals surface area contributed by atoms with Gasteiger partial charge in [-0.1, -0.05) is 26.0 Å². The second-order valence-electron chi connectivity index (χ2n) is 7.25. The number of nitrogens with one attached hydrogen (secondary N) is 3. The van der Waals surface area contributed by atoms with E-state index in [9.17, 15) is 26.3 Å². The average Bonchev–Trinajstić information content (AvgIpc) is 3.08. The van der Waals surface area contributed by atoms with Crippen molar-refractivity contribution in [2.75, 3.05) is 5.32 Å². The summed E-state index contributed by atoms with van der Waals surface area (Å²) in [5.74, 6) is 0.493. The van der Waals surface area contributed by atoms with E-state index in [1.54, 1.807) is 0 Å². The van der Waals surface area contributed by atoms with E-state index in [4.69, 9.17) is 12.2 Å². The number of hydrogen-bond donors (Lipinski definition) is 3. The van der Waals surface area contributed by atoms with Crippen LogP contribution in [0.25, 0.3) is 11.0 Å². The van der Waals surface area contributed by atoms with Gasteiger partial charge in [0.1, 0.15) is 5.82 Å². The van der Waals surface area contributed by atoms with Crippen LogP contribution in [0.15, 0.2) is 42.5 Å². The second kappa shape index (κ2) is 8.37. The van der Waals surface area contributed by atoms with E-state index in [0.717, 1.165) is 11.0 Å². The summed E-state index contributed by atoms with van der Waals surface area (Å²) in [6.45, 7) is 3.75. The third-order valence-electron chi connectivity index (χ3n) is 4.50. The Morgan fingerprint density at radius 1 is 0.968 bits per heavy atom. The SMILES string of the molecule is CC(C)[C@H](NC(=S)Nc1cc(C(F)(F)F)cc(C(F)(F)F)c1)c1nc2ccccc2[nH]1. The van der Waals surface area contributed by atoms with Crippen LogP contribution in [0.2, 0.25) is 0 Å². The minimum absolute atomic E-state index is 0.0486. The van der Waals surface area contributed by atoms with Crippen molar-refractivity contribution in [3.8, 4) is 0 Å². The largest absolute Gasteiger partial charge is 0.416 e. The number of imidazole rings is 1. The number of hydrogen-bond acceptors (Lipinski definition) is 2. The number of fused-ring (bicyclic) bond motifs is 1. The van der Waals surface area contributed by atoms with E-state index in [-0.39, 0.29) is 17.1 Å². The highest BCUT2D eigenvalue weighted by Crippen LogP contribution is 2.37. The second-order valence-corrected chi connectivity index (χ2v) is 7.66. The van der Waals surface area contributed by atoms with Crippen LogP contribution >= 0.6 is 12.2 Å². The third-order valence-corrected chi connectivity index (χ3v) is 4.72. The molecule has 0 saturated carbocycles. The molecule has 0 bridgehead atoms. The first-order chi connectivity index (χ1) is 14.3. The fourth-order valence-corrected chi connectivity index (χ4v) is 3.25. The lowest BCUT2D eigenvalue weighted by atomic mass is 10.0. The molecule has 31 heavy (non-hydrogen) atoms. The summed E-state index contributed by atoms with van der Waals surface area (Å²) in [5.41, 5.74) is -1.77. The molecular formula is C20H18F6N4S. The minimum atomic E-state index is -4.94. The number of halogens is 6. The fraction of sp³-hybridized carbons (Fsp3) is 0.300. The van der Waals surface area contributed by atoms with E-state index in [2.05, 4.69) is 20.6 Å². The number of benzene rings is 2. The van der Waals surface area contributed by atoms with Crippen LogP contribution in [0, 0.1) is 5.92 Å². The van der Waals surface area contributed by atoms with Crippen molar-refractivity contribution in [3.05, 3.63) is 59.4 Å². The number of aromatic nitrogens is 2. The maximum absolute atomic E-state index is 13.1. The van der Waals surface area contributed by atoms with Gasteiger partial charge in [0.25, 0.3) is 0 Å². The molecule has 11 heteroatoms. The molecule has 0 saturated heterocycles. The molecule has 0 aliphatic carbocycles. The molecule has 1 aromatic heterocycles. The molecule has 0 aliphatic heterocycles. The van der Waals surface area contributed by atoms with Crippen LogP contribution in [0.1, 0.15) is 36.8 Å². The van der Waals surface area contributed by atoms with Gasteiger partial charge in [-0.3, -0.25) is 0 Å². The lowest BCUT2D eigenvalue weighted by Crippen LogP contribution is -2.35. The lowest BCUT2D eigenvalue weighted by Gasteiger charge is -2.23. The highest BCUT2D eigenvalue weighted by Gasteiger charge is 2.37. The highest BCUT2D eigenvalue weighted by molar-refractivity contribution is 7.80. The summed E-state index contributed by atoms with van der Waals surface area (Å²) in [7, 11) is 0. The molecule has 1 heterocycles. The lowest BCUT2D eigenvalue weighted by molar-refractivity contribution is -0.143. The molecule has 0 radical (unpaired) electrons. The number of thiocarbonyl (C=S) groups is 1. The Morgan fingerprint density at radius 2 is 1.55 bits per heavy atom. The highest BCUT2D eigenvalue weighted by atomic mass is 32.1. The zero-order valence-corrected chi connectivity index (χ0v) is 17.1. The van der Waals surface area contributed by atoms with Gasteiger partial charge >= 0.3 is 12.4 Å². The molecule has 2 aromatic carbocycles. The van der Waals surface area contributed by atoms with E-state index in [1.807, 2.05) is 38.1 Å². The van der Waals surface area contributed by atoms with Crippen molar-refractivity contribution in [2.45, 2.75) is 32.2 Å². The summed E-state index contributed by atoms with van der Waals surface area (Å²) >= 11 is 5.16. The summed E-state index contributed by atoms with van der Waals surface area (Å²) in [5, 5.41) is 5.22. The first-order valence-electron chi connectivity index (χ1n) is 9.16. The summed E-state index contributed by atoms with van der Waals surface area (Å²) in [6, 6.07) is 8.06. The monoisotopic (exact) mass is 460 g/mol. The molecule has 0 amide bonds. The van der Waals surface area contributed by atoms with Crippen LogP contribution in [-0.2, 0) is 12.4 Å². The predicted molar refractivity (Wildman–Crippen MR) is 109 cm³/mol. The van der Waals surface area contributed by atoms with Gasteiger partial charge in [-0.25, -0.2) is 4.98 Å². The fourth-order valence-electron chi connectivity index (χ4n) is 3.01. The van der Waals surface area contributed by atoms with E-state index in [1.165, 1.54) is 0 Å². The van der Waals surface area contributed by atoms with Gasteiger partial charge in [0.2, 0.25) is 0 Å². The van der Waals surface area contributed by atoms with Gasteiger partial charge < -0.3 is 15.6 Å². The Bertz CT molecular complexity index is 1020. The van der Waals surface area contributed by atoms with Crippen molar-refractivity contribution in [1.29, 1.82) is 0 Å². The molecular weight excluding hydrogens is 442 g/mol. The number of para-hydroxylation sites is 2. The normalized spacial score (nSPS) is 13.5. The summed E-state index contributed by atoms with van der Waals surface area (Å²) in [4.78, 5) is 7.63. The van der Waals surface area contributed by atoms with Gasteiger partial charge in [-0.2, -0.15) is 26.3 Å². The van der Waals surface area contributed by atoms with Gasteiger partial charge in [-0.05, 0) is 48.5 Å². The summed E-state index contributed by atoms with van der Waals surface area (Å²) in [6.07, 6.45) is -9.89. The number of anilines is 1. The Labute approximate surface area is 179 Å². The number of alkyl halides is 6. The maximum atomic E-state index is 13.1. The molecule has 3 N–H and O–H groups in total. The number of nitrogens with zero attached hydrogens (tertiary/aromatic N) is 1. The van der Waals surface area contributed by atoms with Crippen LogP contribution in [-0.4, -0.2) is 15.1 Å². The van der Waals surface area contributed by atoms with Gasteiger partial charge in [0.05, 0.1) is 28.2 Å². The Hall–Kier alpha value is -2.82. The van der Waals surface area contributed by atoms with Crippen molar-refractivity contribution in [2.24, 2.45) is 5.92 Å². The van der Waals surface area contributed by atoms with E-state index < -0.39 is 35.2 Å². The van der Waals surface area contributed by atoms with Crippen molar-refractivity contribution < 1.29 is 26.3 Å². The van der Waals surface area contributed by atoms with Gasteiger partial charge in [0, 0.05) is 5.69 Å². The molecule has 0 unspecified atom stereocenters. The zero-order chi connectivity index (χ0) is 23.0. The number of aromatic amines is 1. The maximum Gasteiger partial charge on any atom is 0.416 e. The molecule has 166 valence electrons. The molecule has 3 aromatic rings. The van der Waals surface area contributed by atoms with E-state index >= 15 is 0 Å². The van der Waals surface area contributed by atoms with Crippen LogP contribution in [0.3, 0.4) is 0 Å². The molecule has 3 rings (SSSR count). The quantitative estimate of drug-likeness (QED) is 0.317.